The molecule has 0 saturated heterocycles. The molecule has 0 aromatic carbocycles. The van der Waals surface area contributed by atoms with Crippen LogP contribution in [0, 0.1) is 6.92 Å². The fourth-order valence-electron chi connectivity index (χ4n) is 3.21. The predicted octanol–water partition coefficient (Wildman–Crippen LogP) is 2.08. The van der Waals surface area contributed by atoms with Gasteiger partial charge in [0.1, 0.15) is 11.6 Å². The van der Waals surface area contributed by atoms with Crippen LogP contribution in [0.2, 0.25) is 0 Å². The lowest BCUT2D eigenvalue weighted by Gasteiger charge is -2.36. The summed E-state index contributed by atoms with van der Waals surface area (Å²) in [6.45, 7) is 2.69. The molecule has 4 rings (SSSR count). The van der Waals surface area contributed by atoms with E-state index in [4.69, 9.17) is 9.47 Å². The van der Waals surface area contributed by atoms with E-state index in [-0.39, 0.29) is 6.23 Å². The van der Waals surface area contributed by atoms with Gasteiger partial charge < -0.3 is 14.4 Å². The Balaban J connectivity index is 1.71. The number of hydrogen-bond acceptors (Lipinski definition) is 7. The zero-order chi connectivity index (χ0) is 18.1. The molecule has 26 heavy (non-hydrogen) atoms. The van der Waals surface area contributed by atoms with Crippen LogP contribution in [0.4, 0.5) is 5.82 Å². The van der Waals surface area contributed by atoms with Crippen LogP contribution in [0.25, 0.3) is 5.95 Å². The van der Waals surface area contributed by atoms with Crippen molar-refractivity contribution in [2.75, 3.05) is 25.7 Å². The first-order chi connectivity index (χ1) is 12.7. The Hall–Kier alpha value is -3.00. The quantitative estimate of drug-likeness (QED) is 0.711. The largest absolute Gasteiger partial charge is 0.497 e. The van der Waals surface area contributed by atoms with Crippen LogP contribution in [0.3, 0.4) is 0 Å². The van der Waals surface area contributed by atoms with E-state index >= 15 is 0 Å². The molecule has 0 bridgehead atoms. The summed E-state index contributed by atoms with van der Waals surface area (Å²) < 4.78 is 12.8. The molecule has 1 aliphatic rings. The maximum Gasteiger partial charge on any atom is 0.250 e. The Morgan fingerprint density at radius 3 is 2.81 bits per heavy atom. The van der Waals surface area contributed by atoms with Crippen LogP contribution in [0.1, 0.15) is 23.2 Å². The number of methoxy groups -OCH3 is 2. The lowest BCUT2D eigenvalue weighted by atomic mass is 10.1. The first-order valence-corrected chi connectivity index (χ1v) is 8.37. The molecule has 0 amide bonds. The van der Waals surface area contributed by atoms with E-state index in [2.05, 4.69) is 25.0 Å². The third kappa shape index (κ3) is 2.88. The zero-order valence-corrected chi connectivity index (χ0v) is 15.0. The highest BCUT2D eigenvalue weighted by Crippen LogP contribution is 2.34. The topological polar surface area (TPSA) is 78.2 Å². The first kappa shape index (κ1) is 16.5. The number of aryl methyl sites for hydroxylation is 1. The maximum atomic E-state index is 5.77. The summed E-state index contributed by atoms with van der Waals surface area (Å²) in [6, 6.07) is 5.67. The summed E-state index contributed by atoms with van der Waals surface area (Å²) in [7, 11) is 3.34. The summed E-state index contributed by atoms with van der Waals surface area (Å²) in [5.41, 5.74) is 2.80. The van der Waals surface area contributed by atoms with E-state index in [0.717, 1.165) is 41.5 Å². The van der Waals surface area contributed by atoms with E-state index in [0.29, 0.717) is 5.95 Å². The van der Waals surface area contributed by atoms with Crippen molar-refractivity contribution in [1.82, 2.24) is 24.7 Å². The van der Waals surface area contributed by atoms with Crippen LogP contribution in [0.15, 0.2) is 36.8 Å². The highest BCUT2D eigenvalue weighted by Gasteiger charge is 2.30. The van der Waals surface area contributed by atoms with Gasteiger partial charge in [-0.3, -0.25) is 0 Å². The molecule has 1 unspecified atom stereocenters. The van der Waals surface area contributed by atoms with Gasteiger partial charge in [0, 0.05) is 62.1 Å². The number of anilines is 1. The molecule has 3 aromatic heterocycles. The van der Waals surface area contributed by atoms with Gasteiger partial charge >= 0.3 is 0 Å². The first-order valence-electron chi connectivity index (χ1n) is 8.37. The Bertz CT molecular complexity index is 912. The minimum absolute atomic E-state index is 0.301. The van der Waals surface area contributed by atoms with Crippen molar-refractivity contribution >= 4 is 5.82 Å². The number of rotatable bonds is 4. The number of pyridine rings is 1. The van der Waals surface area contributed by atoms with Crippen molar-refractivity contribution in [3.05, 3.63) is 53.7 Å². The highest BCUT2D eigenvalue weighted by atomic mass is 16.5. The van der Waals surface area contributed by atoms with Crippen molar-refractivity contribution in [3.63, 3.8) is 0 Å². The molecular weight excluding hydrogens is 332 g/mol. The molecule has 134 valence electrons. The molecular formula is C18H20N6O2. The number of ether oxygens (including phenoxy) is 2. The van der Waals surface area contributed by atoms with E-state index in [9.17, 15) is 0 Å². The van der Waals surface area contributed by atoms with Gasteiger partial charge in [0.2, 0.25) is 0 Å². The molecule has 3 aromatic rings. The van der Waals surface area contributed by atoms with E-state index < -0.39 is 0 Å². The zero-order valence-electron chi connectivity index (χ0n) is 15.0. The summed E-state index contributed by atoms with van der Waals surface area (Å²) >= 11 is 0. The molecule has 0 saturated carbocycles. The van der Waals surface area contributed by atoms with Crippen LogP contribution < -0.4 is 9.64 Å². The molecule has 8 heteroatoms. The van der Waals surface area contributed by atoms with Gasteiger partial charge in [0.15, 0.2) is 6.23 Å². The van der Waals surface area contributed by atoms with Crippen molar-refractivity contribution in [3.8, 4) is 11.7 Å². The van der Waals surface area contributed by atoms with E-state index in [1.807, 2.05) is 37.5 Å². The normalized spacial score (nSPS) is 16.4. The fourth-order valence-corrected chi connectivity index (χ4v) is 3.21. The van der Waals surface area contributed by atoms with Gasteiger partial charge in [-0.25, -0.2) is 19.6 Å². The van der Waals surface area contributed by atoms with Crippen LogP contribution >= 0.6 is 0 Å². The molecule has 1 aliphatic heterocycles. The smallest absolute Gasteiger partial charge is 0.250 e. The molecule has 4 heterocycles. The SMILES string of the molecule is COc1cc(C)nc(N2CCc3nc(-n4cccn4)ncc3C2OC)c1. The van der Waals surface area contributed by atoms with Crippen molar-refractivity contribution in [1.29, 1.82) is 0 Å². The summed E-state index contributed by atoms with van der Waals surface area (Å²) in [5, 5.41) is 4.19. The average Bonchev–Trinajstić information content (AvgIpc) is 3.20. The minimum Gasteiger partial charge on any atom is -0.497 e. The fraction of sp³-hybridized carbons (Fsp3) is 0.333. The lowest BCUT2D eigenvalue weighted by molar-refractivity contribution is 0.0926. The highest BCUT2D eigenvalue weighted by molar-refractivity contribution is 5.49. The number of aromatic nitrogens is 5. The molecule has 0 radical (unpaired) electrons. The molecule has 0 N–H and O–H groups in total. The monoisotopic (exact) mass is 352 g/mol. The molecule has 0 aliphatic carbocycles. The standard InChI is InChI=1S/C18H20N6O2/c1-12-9-13(25-2)10-16(21-12)23-8-5-15-14(17(23)26-3)11-19-18(22-15)24-7-4-6-20-24/h4,6-7,9-11,17H,5,8H2,1-3H3. The maximum absolute atomic E-state index is 5.77. The van der Waals surface area contributed by atoms with Gasteiger partial charge in [0.25, 0.3) is 5.95 Å². The Labute approximate surface area is 151 Å². The van der Waals surface area contributed by atoms with Gasteiger partial charge in [-0.1, -0.05) is 0 Å². The second-order valence-electron chi connectivity index (χ2n) is 6.06. The summed E-state index contributed by atoms with van der Waals surface area (Å²) in [5.74, 6) is 2.15. The third-order valence-electron chi connectivity index (χ3n) is 4.40. The molecule has 8 nitrogen and oxygen atoms in total. The van der Waals surface area contributed by atoms with Crippen LogP contribution in [-0.4, -0.2) is 45.5 Å². The number of fused-ring (bicyclic) bond motifs is 1. The van der Waals surface area contributed by atoms with Gasteiger partial charge in [-0.05, 0) is 13.0 Å². The number of nitrogens with zero attached hydrogens (tertiary/aromatic N) is 6. The summed E-state index contributed by atoms with van der Waals surface area (Å²) in [4.78, 5) is 15.9. The third-order valence-corrected chi connectivity index (χ3v) is 4.40. The lowest BCUT2D eigenvalue weighted by Crippen LogP contribution is -2.38. The van der Waals surface area contributed by atoms with E-state index in [1.54, 1.807) is 25.1 Å². The Kier molecular flexibility index (Phi) is 4.26. The summed E-state index contributed by atoms with van der Waals surface area (Å²) in [6.07, 6.45) is 5.81. The molecule has 1 atom stereocenters. The van der Waals surface area contributed by atoms with E-state index in [1.165, 1.54) is 0 Å². The van der Waals surface area contributed by atoms with Gasteiger partial charge in [-0.15, -0.1) is 0 Å². The Morgan fingerprint density at radius 2 is 2.08 bits per heavy atom. The van der Waals surface area contributed by atoms with Gasteiger partial charge in [0.05, 0.1) is 12.8 Å². The molecule has 0 fully saturated rings. The van der Waals surface area contributed by atoms with Crippen molar-refractivity contribution < 1.29 is 9.47 Å². The number of hydrogen-bond donors (Lipinski definition) is 0. The predicted molar refractivity (Wildman–Crippen MR) is 95.5 cm³/mol. The van der Waals surface area contributed by atoms with Crippen LogP contribution in [-0.2, 0) is 11.2 Å². The van der Waals surface area contributed by atoms with Crippen molar-refractivity contribution in [2.45, 2.75) is 19.6 Å². The van der Waals surface area contributed by atoms with Gasteiger partial charge in [-0.2, -0.15) is 5.10 Å². The average molecular weight is 352 g/mol. The minimum atomic E-state index is -0.301. The molecule has 0 spiro atoms. The second kappa shape index (κ2) is 6.72. The van der Waals surface area contributed by atoms with Crippen LogP contribution in [0.5, 0.6) is 5.75 Å². The Morgan fingerprint density at radius 1 is 1.19 bits per heavy atom. The van der Waals surface area contributed by atoms with Crippen molar-refractivity contribution in [2.24, 2.45) is 0 Å². The second-order valence-corrected chi connectivity index (χ2v) is 6.06.